The topological polar surface area (TPSA) is 190 Å². The fraction of sp³-hybridized carbons (Fsp3) is 0. The van der Waals surface area contributed by atoms with E-state index in [9.17, 15) is 44.7 Å². The lowest BCUT2D eigenvalue weighted by atomic mass is 10.3. The second kappa shape index (κ2) is 6.98. The van der Waals surface area contributed by atoms with Crippen LogP contribution in [0.1, 0.15) is 0 Å². The van der Waals surface area contributed by atoms with Gasteiger partial charge in [0.25, 0.3) is 22.7 Å². The molecule has 14 heteroatoms. The molecule has 0 spiro atoms. The van der Waals surface area contributed by atoms with Gasteiger partial charge in [0.1, 0.15) is 9.79 Å². The molecule has 2 aromatic carbocycles. The van der Waals surface area contributed by atoms with Gasteiger partial charge in [-0.2, -0.15) is 0 Å². The van der Waals surface area contributed by atoms with Crippen LogP contribution in [0.3, 0.4) is 0 Å². The Hall–Kier alpha value is -3.81. The molecule has 134 valence electrons. The van der Waals surface area contributed by atoms with Crippen LogP contribution in [0, 0.1) is 40.5 Å². The molecular weight excluding hydrogens is 376 g/mol. The van der Waals surface area contributed by atoms with Crippen LogP contribution in [0.2, 0.25) is 0 Å². The van der Waals surface area contributed by atoms with Crippen LogP contribution in [0.15, 0.2) is 46.2 Å². The van der Waals surface area contributed by atoms with Crippen molar-refractivity contribution >= 4 is 33.5 Å². The standard InChI is InChI=1S/C12H6N4O9S/c17-13(18)7-1-3-11(9(5-7)15(21)22)26(25)12-4-2-8(14(19)20)6-10(12)16(23)24/h1-6H. The van der Waals surface area contributed by atoms with Crippen molar-refractivity contribution in [3.8, 4) is 0 Å². The summed E-state index contributed by atoms with van der Waals surface area (Å²) < 4.78 is 12.6. The Labute approximate surface area is 144 Å². The number of nitro groups is 4. The quantitative estimate of drug-likeness (QED) is 0.533. The van der Waals surface area contributed by atoms with E-state index in [0.717, 1.165) is 24.3 Å². The molecule has 0 aliphatic carbocycles. The van der Waals surface area contributed by atoms with Gasteiger partial charge in [-0.1, -0.05) is 0 Å². The SMILES string of the molecule is O=[N+]([O-])c1ccc(S(=O)c2ccc([N+](=O)[O-])cc2[N+](=O)[O-])c([N+](=O)[O-])c1. The highest BCUT2D eigenvalue weighted by Gasteiger charge is 2.29. The van der Waals surface area contributed by atoms with Crippen molar-refractivity contribution < 1.29 is 23.9 Å². The Bertz CT molecular complexity index is 913. The van der Waals surface area contributed by atoms with E-state index >= 15 is 0 Å². The van der Waals surface area contributed by atoms with Gasteiger partial charge < -0.3 is 0 Å². The van der Waals surface area contributed by atoms with E-state index in [4.69, 9.17) is 0 Å². The highest BCUT2D eigenvalue weighted by molar-refractivity contribution is 7.85. The lowest BCUT2D eigenvalue weighted by Crippen LogP contribution is -2.04. The van der Waals surface area contributed by atoms with Crippen molar-refractivity contribution in [3.05, 3.63) is 76.9 Å². The fourth-order valence-electron chi connectivity index (χ4n) is 1.96. The lowest BCUT2D eigenvalue weighted by molar-refractivity contribution is -0.396. The van der Waals surface area contributed by atoms with Gasteiger partial charge in [-0.25, -0.2) is 4.21 Å². The Kier molecular flexibility index (Phi) is 4.97. The zero-order valence-corrected chi connectivity index (χ0v) is 13.2. The van der Waals surface area contributed by atoms with E-state index in [1.54, 1.807) is 0 Å². The summed E-state index contributed by atoms with van der Waals surface area (Å²) in [5.74, 6) is 0. The normalized spacial score (nSPS) is 10.5. The molecule has 0 bridgehead atoms. The Morgan fingerprint density at radius 1 is 0.615 bits per heavy atom. The highest BCUT2D eigenvalue weighted by Crippen LogP contribution is 2.34. The van der Waals surface area contributed by atoms with Gasteiger partial charge in [0.15, 0.2) is 0 Å². The number of nitro benzene ring substituents is 4. The molecule has 0 unspecified atom stereocenters. The molecule has 13 nitrogen and oxygen atoms in total. The summed E-state index contributed by atoms with van der Waals surface area (Å²) in [6.07, 6.45) is 0. The Morgan fingerprint density at radius 3 is 1.23 bits per heavy atom. The molecule has 0 aliphatic heterocycles. The number of benzene rings is 2. The van der Waals surface area contributed by atoms with Gasteiger partial charge in [-0.15, -0.1) is 0 Å². The van der Waals surface area contributed by atoms with Gasteiger partial charge in [-0.3, -0.25) is 40.5 Å². The maximum absolute atomic E-state index is 12.6. The van der Waals surface area contributed by atoms with E-state index in [0.29, 0.717) is 12.1 Å². The van der Waals surface area contributed by atoms with Gasteiger partial charge in [0.2, 0.25) is 0 Å². The molecule has 0 saturated heterocycles. The van der Waals surface area contributed by atoms with Crippen LogP contribution in [0.5, 0.6) is 0 Å². The first-order valence-corrected chi connectivity index (χ1v) is 7.56. The zero-order valence-electron chi connectivity index (χ0n) is 12.3. The second-order valence-electron chi connectivity index (χ2n) is 4.60. The van der Waals surface area contributed by atoms with E-state index < -0.39 is 63.0 Å². The van der Waals surface area contributed by atoms with Crippen molar-refractivity contribution in [2.45, 2.75) is 9.79 Å². The Morgan fingerprint density at radius 2 is 0.962 bits per heavy atom. The molecule has 0 saturated carbocycles. The molecule has 26 heavy (non-hydrogen) atoms. The van der Waals surface area contributed by atoms with Gasteiger partial charge in [-0.05, 0) is 12.1 Å². The van der Waals surface area contributed by atoms with Gasteiger partial charge >= 0.3 is 0 Å². The van der Waals surface area contributed by atoms with E-state index in [1.165, 1.54) is 0 Å². The molecule has 0 heterocycles. The summed E-state index contributed by atoms with van der Waals surface area (Å²) in [6, 6.07) is 4.55. The maximum atomic E-state index is 12.6. The van der Waals surface area contributed by atoms with Crippen LogP contribution in [0.4, 0.5) is 22.7 Å². The average molecular weight is 382 g/mol. The van der Waals surface area contributed by atoms with E-state index in [1.807, 2.05) is 0 Å². The number of nitrogens with zero attached hydrogens (tertiary/aromatic N) is 4. The predicted octanol–water partition coefficient (Wildman–Crippen LogP) is 2.49. The molecule has 0 aromatic heterocycles. The summed E-state index contributed by atoms with van der Waals surface area (Å²) in [5, 5.41) is 43.7. The lowest BCUT2D eigenvalue weighted by Gasteiger charge is -2.05. The molecule has 0 amide bonds. The van der Waals surface area contributed by atoms with Crippen LogP contribution >= 0.6 is 0 Å². The summed E-state index contributed by atoms with van der Waals surface area (Å²) in [6.45, 7) is 0. The monoisotopic (exact) mass is 382 g/mol. The summed E-state index contributed by atoms with van der Waals surface area (Å²) in [5.41, 5.74) is -3.00. The summed E-state index contributed by atoms with van der Waals surface area (Å²) in [4.78, 5) is 38.8. The first-order chi connectivity index (χ1) is 12.1. The first kappa shape index (κ1) is 18.5. The first-order valence-electron chi connectivity index (χ1n) is 6.41. The molecule has 0 radical (unpaired) electrons. The molecular formula is C12H6N4O9S. The third-order valence-electron chi connectivity index (χ3n) is 3.10. The van der Waals surface area contributed by atoms with E-state index in [-0.39, 0.29) is 0 Å². The minimum absolute atomic E-state index is 0.516. The zero-order chi connectivity index (χ0) is 19.6. The van der Waals surface area contributed by atoms with Crippen molar-refractivity contribution in [2.75, 3.05) is 0 Å². The average Bonchev–Trinajstić information content (AvgIpc) is 2.59. The van der Waals surface area contributed by atoms with Crippen molar-refractivity contribution in [3.63, 3.8) is 0 Å². The summed E-state index contributed by atoms with van der Waals surface area (Å²) in [7, 11) is -2.48. The second-order valence-corrected chi connectivity index (χ2v) is 6.02. The summed E-state index contributed by atoms with van der Waals surface area (Å²) >= 11 is 0. The van der Waals surface area contributed by atoms with E-state index in [2.05, 4.69) is 0 Å². The molecule has 0 fully saturated rings. The minimum Gasteiger partial charge on any atom is -0.258 e. The van der Waals surface area contributed by atoms with Crippen LogP contribution in [-0.2, 0) is 10.8 Å². The minimum atomic E-state index is -2.48. The van der Waals surface area contributed by atoms with Crippen LogP contribution in [0.25, 0.3) is 0 Å². The predicted molar refractivity (Wildman–Crippen MR) is 84.2 cm³/mol. The third-order valence-corrected chi connectivity index (χ3v) is 4.59. The number of non-ortho nitro benzene ring substituents is 2. The van der Waals surface area contributed by atoms with Crippen LogP contribution in [-0.4, -0.2) is 23.9 Å². The Balaban J connectivity index is 2.66. The maximum Gasteiger partial charge on any atom is 0.292 e. The number of hydrogen-bond donors (Lipinski definition) is 0. The molecule has 2 rings (SSSR count). The fourth-order valence-corrected chi connectivity index (χ4v) is 3.22. The molecule has 0 N–H and O–H groups in total. The molecule has 0 atom stereocenters. The number of rotatable bonds is 6. The van der Waals surface area contributed by atoms with Crippen molar-refractivity contribution in [2.24, 2.45) is 0 Å². The van der Waals surface area contributed by atoms with Crippen LogP contribution < -0.4 is 0 Å². The van der Waals surface area contributed by atoms with Gasteiger partial charge in [0.05, 0.1) is 42.6 Å². The largest absolute Gasteiger partial charge is 0.292 e. The third kappa shape index (κ3) is 3.48. The molecule has 0 aliphatic rings. The smallest absolute Gasteiger partial charge is 0.258 e. The number of hydrogen-bond acceptors (Lipinski definition) is 9. The van der Waals surface area contributed by atoms with Crippen molar-refractivity contribution in [1.82, 2.24) is 0 Å². The van der Waals surface area contributed by atoms with Crippen molar-refractivity contribution in [1.29, 1.82) is 0 Å². The van der Waals surface area contributed by atoms with Gasteiger partial charge in [0, 0.05) is 12.1 Å². The molecule has 2 aromatic rings. The highest BCUT2D eigenvalue weighted by atomic mass is 32.2.